The standard InChI is InChI=1S/C26H39NO3/c1-25-10-3-4-20(25)19-14-23(29)22-6-5-17(15-26(22,2)21(19)7-11-25)24(30)16-27-12-8-18(28)9-13-27/h17-18,21-22,28H,3-16H2,1-2H3. The Hall–Kier alpha value is -1.00. The van der Waals surface area contributed by atoms with Crippen molar-refractivity contribution in [3.8, 4) is 0 Å². The maximum absolute atomic E-state index is 13.3. The summed E-state index contributed by atoms with van der Waals surface area (Å²) in [5, 5.41) is 9.74. The molecule has 5 rings (SSSR count). The quantitative estimate of drug-likeness (QED) is 0.701. The molecule has 30 heavy (non-hydrogen) atoms. The van der Waals surface area contributed by atoms with E-state index in [2.05, 4.69) is 18.7 Å². The Balaban J connectivity index is 1.36. The number of Topliss-reactive ketones (excluding diaryl/α,β-unsaturated/α-hetero) is 2. The summed E-state index contributed by atoms with van der Waals surface area (Å²) in [5.74, 6) is 1.61. The van der Waals surface area contributed by atoms with Crippen LogP contribution in [-0.2, 0) is 9.59 Å². The Morgan fingerprint density at radius 3 is 2.60 bits per heavy atom. The summed E-state index contributed by atoms with van der Waals surface area (Å²) < 4.78 is 0. The second-order valence-electron chi connectivity index (χ2n) is 11.7. The first-order chi connectivity index (χ1) is 14.3. The Kier molecular flexibility index (Phi) is 5.25. The van der Waals surface area contributed by atoms with E-state index in [0.29, 0.717) is 35.9 Å². The minimum atomic E-state index is -0.196. The van der Waals surface area contributed by atoms with Gasteiger partial charge in [0.15, 0.2) is 0 Å². The summed E-state index contributed by atoms with van der Waals surface area (Å²) in [6.45, 7) is 6.97. The van der Waals surface area contributed by atoms with Gasteiger partial charge in [-0.3, -0.25) is 14.5 Å². The lowest BCUT2D eigenvalue weighted by molar-refractivity contribution is -0.140. The van der Waals surface area contributed by atoms with E-state index in [4.69, 9.17) is 0 Å². The third-order valence-electron chi connectivity index (χ3n) is 9.90. The highest BCUT2D eigenvalue weighted by molar-refractivity contribution is 5.88. The number of carbonyl (C=O) groups excluding carboxylic acids is 2. The van der Waals surface area contributed by atoms with Gasteiger partial charge in [0, 0.05) is 31.3 Å². The molecule has 4 nitrogen and oxygen atoms in total. The van der Waals surface area contributed by atoms with Gasteiger partial charge in [-0.1, -0.05) is 25.0 Å². The fraction of sp³-hybridized carbons (Fsp3) is 0.846. The van der Waals surface area contributed by atoms with Crippen LogP contribution in [0.2, 0.25) is 0 Å². The highest BCUT2D eigenvalue weighted by atomic mass is 16.3. The summed E-state index contributed by atoms with van der Waals surface area (Å²) >= 11 is 0. The van der Waals surface area contributed by atoms with Crippen LogP contribution in [-0.4, -0.2) is 47.3 Å². The number of aliphatic hydroxyl groups is 1. The van der Waals surface area contributed by atoms with Crippen molar-refractivity contribution in [2.45, 2.75) is 90.6 Å². The first-order valence-corrected chi connectivity index (χ1v) is 12.5. The molecule has 0 aromatic heterocycles. The number of rotatable bonds is 3. The molecule has 0 aromatic rings. The fourth-order valence-corrected chi connectivity index (χ4v) is 8.14. The van der Waals surface area contributed by atoms with E-state index in [-0.39, 0.29) is 23.4 Å². The molecule has 0 spiro atoms. The number of fused-ring (bicyclic) bond motifs is 4. The largest absolute Gasteiger partial charge is 0.393 e. The Bertz CT molecular complexity index is 764. The van der Waals surface area contributed by atoms with Crippen molar-refractivity contribution in [3.05, 3.63) is 11.1 Å². The number of likely N-dealkylation sites (tertiary alicyclic amines) is 1. The van der Waals surface area contributed by atoms with Crippen LogP contribution in [0.15, 0.2) is 11.1 Å². The summed E-state index contributed by atoms with van der Waals surface area (Å²) in [6.07, 6.45) is 11.0. The molecular weight excluding hydrogens is 374 g/mol. The predicted molar refractivity (Wildman–Crippen MR) is 117 cm³/mol. The average Bonchev–Trinajstić information content (AvgIpc) is 3.11. The van der Waals surface area contributed by atoms with Crippen molar-refractivity contribution < 1.29 is 14.7 Å². The third kappa shape index (κ3) is 3.33. The number of ketones is 2. The van der Waals surface area contributed by atoms with E-state index in [9.17, 15) is 14.7 Å². The van der Waals surface area contributed by atoms with Crippen LogP contribution in [0.25, 0.3) is 0 Å². The molecular formula is C26H39NO3. The van der Waals surface area contributed by atoms with E-state index in [1.807, 2.05) is 0 Å². The van der Waals surface area contributed by atoms with Crippen LogP contribution >= 0.6 is 0 Å². The molecule has 0 radical (unpaired) electrons. The topological polar surface area (TPSA) is 57.6 Å². The predicted octanol–water partition coefficient (Wildman–Crippen LogP) is 4.30. The lowest BCUT2D eigenvalue weighted by atomic mass is 9.48. The van der Waals surface area contributed by atoms with Crippen LogP contribution in [0.5, 0.6) is 0 Å². The highest BCUT2D eigenvalue weighted by Crippen LogP contribution is 2.63. The van der Waals surface area contributed by atoms with Crippen LogP contribution in [0.3, 0.4) is 0 Å². The van der Waals surface area contributed by atoms with E-state index in [1.165, 1.54) is 37.7 Å². The van der Waals surface area contributed by atoms with Gasteiger partial charge in [0.05, 0.1) is 12.6 Å². The lowest BCUT2D eigenvalue weighted by Crippen LogP contribution is -2.52. The number of aliphatic hydroxyl groups excluding tert-OH is 1. The van der Waals surface area contributed by atoms with Crippen LogP contribution in [0, 0.1) is 28.6 Å². The second kappa shape index (κ2) is 7.55. The van der Waals surface area contributed by atoms with Crippen molar-refractivity contribution >= 4 is 11.6 Å². The minimum Gasteiger partial charge on any atom is -0.393 e. The maximum atomic E-state index is 13.3. The molecule has 5 aliphatic rings. The van der Waals surface area contributed by atoms with E-state index in [1.54, 1.807) is 5.57 Å². The van der Waals surface area contributed by atoms with Gasteiger partial charge in [0.2, 0.25) is 0 Å². The molecule has 4 aliphatic carbocycles. The van der Waals surface area contributed by atoms with Gasteiger partial charge in [-0.25, -0.2) is 0 Å². The SMILES string of the molecule is CC12CCCC1=C1CC(=O)C3CCC(C(=O)CN4CCC(O)CC4)CC3(C)C1CC2. The molecule has 0 bridgehead atoms. The smallest absolute Gasteiger partial charge is 0.149 e. The van der Waals surface area contributed by atoms with Gasteiger partial charge >= 0.3 is 0 Å². The van der Waals surface area contributed by atoms with Gasteiger partial charge in [-0.2, -0.15) is 0 Å². The summed E-state index contributed by atoms with van der Waals surface area (Å²) in [7, 11) is 0. The molecule has 1 N–H and O–H groups in total. The van der Waals surface area contributed by atoms with Crippen LogP contribution in [0.4, 0.5) is 0 Å². The second-order valence-corrected chi connectivity index (χ2v) is 11.7. The van der Waals surface area contributed by atoms with Gasteiger partial charge in [0.1, 0.15) is 11.6 Å². The molecule has 0 amide bonds. The van der Waals surface area contributed by atoms with E-state index < -0.39 is 0 Å². The van der Waals surface area contributed by atoms with Gasteiger partial charge in [0.25, 0.3) is 0 Å². The number of hydrogen-bond donors (Lipinski definition) is 1. The van der Waals surface area contributed by atoms with Crippen molar-refractivity contribution in [1.82, 2.24) is 4.90 Å². The Morgan fingerprint density at radius 1 is 1.07 bits per heavy atom. The fourth-order valence-electron chi connectivity index (χ4n) is 8.14. The number of carbonyl (C=O) groups is 2. The summed E-state index contributed by atoms with van der Waals surface area (Å²) in [5.41, 5.74) is 3.45. The Morgan fingerprint density at radius 2 is 1.83 bits per heavy atom. The molecule has 1 saturated heterocycles. The lowest BCUT2D eigenvalue weighted by Gasteiger charge is -2.55. The zero-order valence-electron chi connectivity index (χ0n) is 18.9. The third-order valence-corrected chi connectivity index (χ3v) is 9.90. The van der Waals surface area contributed by atoms with Crippen LogP contribution in [0.1, 0.15) is 84.5 Å². The summed E-state index contributed by atoms with van der Waals surface area (Å²) in [4.78, 5) is 28.7. The molecule has 4 heteroatoms. The molecule has 4 fully saturated rings. The first-order valence-electron chi connectivity index (χ1n) is 12.5. The van der Waals surface area contributed by atoms with Gasteiger partial charge in [-0.05, 0) is 81.0 Å². The molecule has 0 aromatic carbocycles. The first kappa shape index (κ1) is 20.9. The molecule has 3 saturated carbocycles. The summed E-state index contributed by atoms with van der Waals surface area (Å²) in [6, 6.07) is 0. The Labute approximate surface area is 181 Å². The molecule has 166 valence electrons. The van der Waals surface area contributed by atoms with E-state index >= 15 is 0 Å². The highest BCUT2D eigenvalue weighted by Gasteiger charge is 2.56. The van der Waals surface area contributed by atoms with Gasteiger partial charge < -0.3 is 5.11 Å². The van der Waals surface area contributed by atoms with Crippen LogP contribution < -0.4 is 0 Å². The minimum absolute atomic E-state index is 0.0295. The van der Waals surface area contributed by atoms with Crippen molar-refractivity contribution in [2.75, 3.05) is 19.6 Å². The number of allylic oxidation sites excluding steroid dienone is 2. The molecule has 1 aliphatic heterocycles. The van der Waals surface area contributed by atoms with Crippen molar-refractivity contribution in [2.24, 2.45) is 28.6 Å². The van der Waals surface area contributed by atoms with Crippen molar-refractivity contribution in [1.29, 1.82) is 0 Å². The molecule has 1 heterocycles. The molecule has 5 unspecified atom stereocenters. The van der Waals surface area contributed by atoms with Crippen molar-refractivity contribution in [3.63, 3.8) is 0 Å². The van der Waals surface area contributed by atoms with E-state index in [0.717, 1.165) is 45.2 Å². The number of piperidine rings is 1. The average molecular weight is 414 g/mol. The normalized spacial score (nSPS) is 42.6. The monoisotopic (exact) mass is 413 g/mol. The molecule has 5 atom stereocenters. The zero-order valence-corrected chi connectivity index (χ0v) is 18.9. The van der Waals surface area contributed by atoms with Gasteiger partial charge in [-0.15, -0.1) is 0 Å². The zero-order chi connectivity index (χ0) is 21.1. The number of hydrogen-bond acceptors (Lipinski definition) is 4. The maximum Gasteiger partial charge on any atom is 0.149 e. The number of nitrogens with zero attached hydrogens (tertiary/aromatic N) is 1.